The van der Waals surface area contributed by atoms with Gasteiger partial charge in [-0.25, -0.2) is 0 Å². The molecule has 0 atom stereocenters. The molecule has 130 valence electrons. The molecule has 0 aromatic carbocycles. The molecule has 5 nitrogen and oxygen atoms in total. The molecule has 0 aliphatic carbocycles. The predicted molar refractivity (Wildman–Crippen MR) is 89.5 cm³/mol. The summed E-state index contributed by atoms with van der Waals surface area (Å²) in [4.78, 5) is 7.85. The van der Waals surface area contributed by atoms with Crippen LogP contribution in [0.3, 0.4) is 0 Å². The quantitative estimate of drug-likeness (QED) is 0.414. The molecule has 0 aromatic heterocycles. The van der Waals surface area contributed by atoms with Gasteiger partial charge in [0.25, 0.3) is 0 Å². The molecular formula is C13H24F3IN4O. The second-order valence-corrected chi connectivity index (χ2v) is 5.63. The average molecular weight is 436 g/mol. The van der Waals surface area contributed by atoms with Crippen LogP contribution in [0.1, 0.15) is 12.8 Å². The Kier molecular flexibility index (Phi) is 8.19. The molecule has 9 heteroatoms. The van der Waals surface area contributed by atoms with E-state index < -0.39 is 12.7 Å². The van der Waals surface area contributed by atoms with Crippen molar-refractivity contribution in [2.45, 2.75) is 19.0 Å². The molecule has 0 saturated carbocycles. The fourth-order valence-electron chi connectivity index (χ4n) is 2.70. The van der Waals surface area contributed by atoms with E-state index in [2.05, 4.69) is 4.99 Å². The number of rotatable bonds is 3. The van der Waals surface area contributed by atoms with E-state index in [4.69, 9.17) is 10.5 Å². The monoisotopic (exact) mass is 436 g/mol. The molecular weight excluding hydrogens is 412 g/mol. The summed E-state index contributed by atoms with van der Waals surface area (Å²) in [6.07, 6.45) is -2.61. The van der Waals surface area contributed by atoms with E-state index in [0.717, 1.165) is 25.9 Å². The molecule has 2 aliphatic heterocycles. The lowest BCUT2D eigenvalue weighted by Crippen LogP contribution is -2.45. The van der Waals surface area contributed by atoms with E-state index in [1.807, 2.05) is 4.90 Å². The van der Waals surface area contributed by atoms with Crippen molar-refractivity contribution in [3.05, 3.63) is 0 Å². The lowest BCUT2D eigenvalue weighted by molar-refractivity contribution is -0.148. The van der Waals surface area contributed by atoms with E-state index in [1.54, 1.807) is 0 Å². The zero-order valence-electron chi connectivity index (χ0n) is 12.5. The largest absolute Gasteiger partial charge is 0.401 e. The first-order valence-corrected chi connectivity index (χ1v) is 7.36. The molecule has 2 aliphatic rings. The number of halogens is 4. The van der Waals surface area contributed by atoms with Gasteiger partial charge in [0, 0.05) is 19.6 Å². The molecule has 0 unspecified atom stereocenters. The Bertz CT molecular complexity index is 354. The molecule has 2 N–H and O–H groups in total. The van der Waals surface area contributed by atoms with Gasteiger partial charge < -0.3 is 15.4 Å². The van der Waals surface area contributed by atoms with Crippen molar-refractivity contribution in [2.75, 3.05) is 52.5 Å². The number of alkyl halides is 3. The third-order valence-electron chi connectivity index (χ3n) is 3.96. The summed E-state index contributed by atoms with van der Waals surface area (Å²) in [6.45, 7) is 3.58. The lowest BCUT2D eigenvalue weighted by Gasteiger charge is -2.32. The van der Waals surface area contributed by atoms with Gasteiger partial charge in [0.1, 0.15) is 0 Å². The molecule has 0 aromatic rings. The van der Waals surface area contributed by atoms with E-state index in [-0.39, 0.29) is 24.0 Å². The van der Waals surface area contributed by atoms with Crippen LogP contribution in [-0.4, -0.2) is 74.4 Å². The van der Waals surface area contributed by atoms with Gasteiger partial charge in [-0.3, -0.25) is 9.89 Å². The molecule has 2 saturated heterocycles. The minimum Gasteiger partial charge on any atom is -0.378 e. The number of piperidine rings is 1. The molecule has 2 heterocycles. The zero-order chi connectivity index (χ0) is 15.3. The highest BCUT2D eigenvalue weighted by Gasteiger charge is 2.32. The number of ether oxygens (including phenoxy) is 1. The molecule has 0 radical (unpaired) electrons. The number of guanidine groups is 1. The topological polar surface area (TPSA) is 54.1 Å². The maximum atomic E-state index is 12.3. The standard InChI is InChI=1S/C13H23F3N4O.HI/c14-13(15,16)10-19-3-1-11(2-4-19)9-18-12(17)20-5-7-21-8-6-20;/h11H,1-10H2,(H2,17,18);1H. The van der Waals surface area contributed by atoms with Crippen molar-refractivity contribution in [3.8, 4) is 0 Å². The third-order valence-corrected chi connectivity index (χ3v) is 3.96. The smallest absolute Gasteiger partial charge is 0.378 e. The lowest BCUT2D eigenvalue weighted by atomic mass is 9.97. The van der Waals surface area contributed by atoms with Gasteiger partial charge in [0.15, 0.2) is 5.96 Å². The number of morpholine rings is 1. The van der Waals surface area contributed by atoms with Crippen LogP contribution >= 0.6 is 24.0 Å². The number of nitrogens with zero attached hydrogens (tertiary/aromatic N) is 3. The van der Waals surface area contributed by atoms with Crippen molar-refractivity contribution in [1.82, 2.24) is 9.80 Å². The van der Waals surface area contributed by atoms with Crippen molar-refractivity contribution >= 4 is 29.9 Å². The minimum atomic E-state index is -4.11. The molecule has 0 spiro atoms. The van der Waals surface area contributed by atoms with E-state index in [9.17, 15) is 13.2 Å². The first kappa shape index (κ1) is 19.8. The predicted octanol–water partition coefficient (Wildman–Crippen LogP) is 1.53. The SMILES string of the molecule is I.NC(=NCC1CCN(CC(F)(F)F)CC1)N1CCOCC1. The average Bonchev–Trinajstić information content (AvgIpc) is 2.45. The number of hydrogen-bond acceptors (Lipinski definition) is 3. The highest BCUT2D eigenvalue weighted by molar-refractivity contribution is 14.0. The fourth-order valence-corrected chi connectivity index (χ4v) is 2.70. The summed E-state index contributed by atoms with van der Waals surface area (Å²) in [6, 6.07) is 0. The summed E-state index contributed by atoms with van der Waals surface area (Å²) in [7, 11) is 0. The van der Waals surface area contributed by atoms with Crippen molar-refractivity contribution in [3.63, 3.8) is 0 Å². The Hall–Kier alpha value is -0.290. The number of aliphatic imine (C=N–C) groups is 1. The van der Waals surface area contributed by atoms with Crippen LogP contribution in [0.2, 0.25) is 0 Å². The van der Waals surface area contributed by atoms with Gasteiger partial charge in [-0.15, -0.1) is 24.0 Å². The Morgan fingerprint density at radius 1 is 1.14 bits per heavy atom. The van der Waals surface area contributed by atoms with E-state index in [0.29, 0.717) is 44.7 Å². The first-order chi connectivity index (χ1) is 9.94. The van der Waals surface area contributed by atoms with Gasteiger partial charge in [-0.2, -0.15) is 13.2 Å². The summed E-state index contributed by atoms with van der Waals surface area (Å²) in [5, 5.41) is 0. The summed E-state index contributed by atoms with van der Waals surface area (Å²) >= 11 is 0. The van der Waals surface area contributed by atoms with Crippen molar-refractivity contribution in [1.29, 1.82) is 0 Å². The second-order valence-electron chi connectivity index (χ2n) is 5.63. The van der Waals surface area contributed by atoms with Gasteiger partial charge in [0.2, 0.25) is 0 Å². The first-order valence-electron chi connectivity index (χ1n) is 7.36. The second kappa shape index (κ2) is 9.11. The maximum Gasteiger partial charge on any atom is 0.401 e. The van der Waals surface area contributed by atoms with Gasteiger partial charge in [-0.1, -0.05) is 0 Å². The molecule has 2 rings (SSSR count). The summed E-state index contributed by atoms with van der Waals surface area (Å²) in [5.74, 6) is 0.852. The normalized spacial score (nSPS) is 22.5. The van der Waals surface area contributed by atoms with Gasteiger partial charge in [-0.05, 0) is 31.8 Å². The van der Waals surface area contributed by atoms with Crippen LogP contribution in [0.5, 0.6) is 0 Å². The number of hydrogen-bond donors (Lipinski definition) is 1. The highest BCUT2D eigenvalue weighted by atomic mass is 127. The van der Waals surface area contributed by atoms with Crippen LogP contribution in [-0.2, 0) is 4.74 Å². The molecule has 2 fully saturated rings. The summed E-state index contributed by atoms with van der Waals surface area (Å²) in [5.41, 5.74) is 5.94. The number of nitrogens with two attached hydrogens (primary N) is 1. The molecule has 22 heavy (non-hydrogen) atoms. The summed E-state index contributed by atoms with van der Waals surface area (Å²) < 4.78 is 42.2. The minimum absolute atomic E-state index is 0. The Balaban J connectivity index is 0.00000242. The van der Waals surface area contributed by atoms with Gasteiger partial charge in [0.05, 0.1) is 19.8 Å². The van der Waals surface area contributed by atoms with Gasteiger partial charge >= 0.3 is 6.18 Å². The van der Waals surface area contributed by atoms with Crippen LogP contribution in [0.25, 0.3) is 0 Å². The maximum absolute atomic E-state index is 12.3. The fraction of sp³-hybridized carbons (Fsp3) is 0.923. The molecule has 0 amide bonds. The Morgan fingerprint density at radius 2 is 1.73 bits per heavy atom. The van der Waals surface area contributed by atoms with E-state index in [1.165, 1.54) is 4.90 Å². The van der Waals surface area contributed by atoms with Crippen molar-refractivity contribution < 1.29 is 17.9 Å². The van der Waals surface area contributed by atoms with Crippen molar-refractivity contribution in [2.24, 2.45) is 16.6 Å². The Morgan fingerprint density at radius 3 is 2.27 bits per heavy atom. The third kappa shape index (κ3) is 6.86. The molecule has 0 bridgehead atoms. The van der Waals surface area contributed by atoms with Crippen LogP contribution in [0.15, 0.2) is 4.99 Å². The van der Waals surface area contributed by atoms with Crippen LogP contribution in [0, 0.1) is 5.92 Å². The Labute approximate surface area is 146 Å². The highest BCUT2D eigenvalue weighted by Crippen LogP contribution is 2.22. The van der Waals surface area contributed by atoms with Crippen LogP contribution < -0.4 is 5.73 Å². The zero-order valence-corrected chi connectivity index (χ0v) is 14.8. The number of likely N-dealkylation sites (tertiary alicyclic amines) is 1. The van der Waals surface area contributed by atoms with E-state index >= 15 is 0 Å². The van der Waals surface area contributed by atoms with Crippen LogP contribution in [0.4, 0.5) is 13.2 Å².